The molecule has 2 amide bonds. The molecule has 8 nitrogen and oxygen atoms in total. The van der Waals surface area contributed by atoms with E-state index in [1.165, 1.54) is 37.4 Å². The molecule has 1 aromatic heterocycles. The predicted octanol–water partition coefficient (Wildman–Crippen LogP) is 1.51. The summed E-state index contributed by atoms with van der Waals surface area (Å²) >= 11 is 0. The van der Waals surface area contributed by atoms with Crippen LogP contribution in [0.2, 0.25) is 0 Å². The summed E-state index contributed by atoms with van der Waals surface area (Å²) in [5, 5.41) is 25.1. The first-order chi connectivity index (χ1) is 10.9. The molecule has 2 rings (SSSR count). The van der Waals surface area contributed by atoms with Crippen LogP contribution in [0.1, 0.15) is 21.7 Å². The Kier molecular flexibility index (Phi) is 4.42. The molecule has 0 aliphatic heterocycles. The van der Waals surface area contributed by atoms with Crippen molar-refractivity contribution in [3.8, 4) is 6.07 Å². The van der Waals surface area contributed by atoms with Crippen molar-refractivity contribution in [1.82, 2.24) is 5.16 Å². The van der Waals surface area contributed by atoms with Gasteiger partial charge >= 0.3 is 0 Å². The summed E-state index contributed by atoms with van der Waals surface area (Å²) in [6, 6.07) is 7.40. The van der Waals surface area contributed by atoms with Gasteiger partial charge in [0.2, 0.25) is 5.91 Å². The first kappa shape index (κ1) is 15.8. The van der Waals surface area contributed by atoms with Gasteiger partial charge in [0, 0.05) is 11.3 Å². The number of rotatable bonds is 4. The molecular weight excluding hydrogens is 300 g/mol. The highest BCUT2D eigenvalue weighted by atomic mass is 16.5. The number of benzene rings is 1. The Balaban J connectivity index is 2.26. The van der Waals surface area contributed by atoms with Gasteiger partial charge < -0.3 is 20.7 Å². The third kappa shape index (κ3) is 3.36. The SMILES string of the molecule is Cc1oncc1/C(O)=C(\C#N)C(=O)Nc1ccc(C(N)=O)cc1. The number of nitrogens with one attached hydrogen (secondary N) is 1. The lowest BCUT2D eigenvalue weighted by Crippen LogP contribution is -2.16. The highest BCUT2D eigenvalue weighted by Gasteiger charge is 2.20. The molecule has 0 fully saturated rings. The Hall–Kier alpha value is -3.60. The van der Waals surface area contributed by atoms with Gasteiger partial charge in [-0.15, -0.1) is 0 Å². The lowest BCUT2D eigenvalue weighted by Gasteiger charge is -2.06. The summed E-state index contributed by atoms with van der Waals surface area (Å²) in [4.78, 5) is 23.1. The molecule has 4 N–H and O–H groups in total. The highest BCUT2D eigenvalue weighted by Crippen LogP contribution is 2.20. The molecule has 116 valence electrons. The zero-order chi connectivity index (χ0) is 17.0. The number of carbonyl (C=O) groups excluding carboxylic acids is 2. The van der Waals surface area contributed by atoms with E-state index >= 15 is 0 Å². The number of aliphatic hydroxyl groups excluding tert-OH is 1. The van der Waals surface area contributed by atoms with Gasteiger partial charge in [-0.25, -0.2) is 0 Å². The van der Waals surface area contributed by atoms with Gasteiger partial charge in [0.15, 0.2) is 11.3 Å². The number of carbonyl (C=O) groups is 2. The second kappa shape index (κ2) is 6.44. The van der Waals surface area contributed by atoms with Crippen LogP contribution < -0.4 is 11.1 Å². The topological polar surface area (TPSA) is 142 Å². The molecule has 0 unspecified atom stereocenters. The summed E-state index contributed by atoms with van der Waals surface area (Å²) in [5.41, 5.74) is 5.40. The molecule has 0 bridgehead atoms. The van der Waals surface area contributed by atoms with E-state index in [9.17, 15) is 14.7 Å². The number of nitrogens with zero attached hydrogens (tertiary/aromatic N) is 2. The molecule has 1 heterocycles. The van der Waals surface area contributed by atoms with Crippen molar-refractivity contribution < 1.29 is 19.2 Å². The fourth-order valence-corrected chi connectivity index (χ4v) is 1.78. The van der Waals surface area contributed by atoms with Gasteiger partial charge in [-0.05, 0) is 31.2 Å². The van der Waals surface area contributed by atoms with Crippen LogP contribution in [-0.2, 0) is 4.79 Å². The van der Waals surface area contributed by atoms with Gasteiger partial charge in [-0.2, -0.15) is 5.26 Å². The van der Waals surface area contributed by atoms with E-state index in [1.807, 2.05) is 0 Å². The Bertz CT molecular complexity index is 828. The summed E-state index contributed by atoms with van der Waals surface area (Å²) in [6.07, 6.45) is 1.21. The van der Waals surface area contributed by atoms with Crippen molar-refractivity contribution in [2.75, 3.05) is 5.32 Å². The molecule has 1 aromatic carbocycles. The minimum absolute atomic E-state index is 0.153. The number of aromatic nitrogens is 1. The third-order valence-electron chi connectivity index (χ3n) is 3.01. The van der Waals surface area contributed by atoms with Crippen LogP contribution in [0.5, 0.6) is 0 Å². The van der Waals surface area contributed by atoms with Crippen molar-refractivity contribution in [1.29, 1.82) is 5.26 Å². The van der Waals surface area contributed by atoms with Gasteiger partial charge in [-0.1, -0.05) is 5.16 Å². The van der Waals surface area contributed by atoms with Crippen LogP contribution in [0.3, 0.4) is 0 Å². The molecule has 0 atom stereocenters. The lowest BCUT2D eigenvalue weighted by molar-refractivity contribution is -0.112. The van der Waals surface area contributed by atoms with E-state index in [4.69, 9.17) is 15.5 Å². The van der Waals surface area contributed by atoms with Crippen molar-refractivity contribution >= 4 is 23.3 Å². The predicted molar refractivity (Wildman–Crippen MR) is 80.0 cm³/mol. The van der Waals surface area contributed by atoms with Gasteiger partial charge in [0.05, 0.1) is 11.8 Å². The number of anilines is 1. The van der Waals surface area contributed by atoms with Crippen molar-refractivity contribution in [2.24, 2.45) is 5.73 Å². The van der Waals surface area contributed by atoms with Crippen LogP contribution in [-0.4, -0.2) is 22.1 Å². The van der Waals surface area contributed by atoms with E-state index < -0.39 is 23.1 Å². The highest BCUT2D eigenvalue weighted by molar-refractivity contribution is 6.11. The molecular formula is C15H12N4O4. The fourth-order valence-electron chi connectivity index (χ4n) is 1.78. The minimum atomic E-state index is -0.808. The van der Waals surface area contributed by atoms with Crippen LogP contribution in [0.15, 0.2) is 40.6 Å². The first-order valence-electron chi connectivity index (χ1n) is 6.40. The molecule has 8 heteroatoms. The molecule has 23 heavy (non-hydrogen) atoms. The van der Waals surface area contributed by atoms with Crippen LogP contribution in [0.25, 0.3) is 5.76 Å². The maximum absolute atomic E-state index is 12.1. The zero-order valence-electron chi connectivity index (χ0n) is 12.0. The molecule has 0 spiro atoms. The Morgan fingerprint density at radius 3 is 2.48 bits per heavy atom. The average molecular weight is 312 g/mol. The van der Waals surface area contributed by atoms with Crippen molar-refractivity contribution in [2.45, 2.75) is 6.92 Å². The second-order valence-electron chi connectivity index (χ2n) is 4.53. The monoisotopic (exact) mass is 312 g/mol. The van der Waals surface area contributed by atoms with E-state index in [0.717, 1.165) is 0 Å². The minimum Gasteiger partial charge on any atom is -0.506 e. The van der Waals surface area contributed by atoms with Crippen LogP contribution in [0, 0.1) is 18.3 Å². The fraction of sp³-hybridized carbons (Fsp3) is 0.0667. The number of nitriles is 1. The number of hydrogen-bond acceptors (Lipinski definition) is 6. The number of aryl methyl sites for hydroxylation is 1. The smallest absolute Gasteiger partial charge is 0.270 e. The normalized spacial score (nSPS) is 11.3. The van der Waals surface area contributed by atoms with Gasteiger partial charge in [0.1, 0.15) is 11.8 Å². The third-order valence-corrected chi connectivity index (χ3v) is 3.01. The average Bonchev–Trinajstić information content (AvgIpc) is 2.94. The molecule has 0 saturated heterocycles. The van der Waals surface area contributed by atoms with Crippen LogP contribution >= 0.6 is 0 Å². The van der Waals surface area contributed by atoms with E-state index in [2.05, 4.69) is 10.5 Å². The van der Waals surface area contributed by atoms with Gasteiger partial charge in [-0.3, -0.25) is 9.59 Å². The number of nitrogens with two attached hydrogens (primary N) is 1. The van der Waals surface area contributed by atoms with Crippen LogP contribution in [0.4, 0.5) is 5.69 Å². The largest absolute Gasteiger partial charge is 0.506 e. The Labute approximate surface area is 130 Å². The summed E-state index contributed by atoms with van der Waals surface area (Å²) in [5.74, 6) is -1.66. The first-order valence-corrected chi connectivity index (χ1v) is 6.40. The standard InChI is InChI=1S/C15H12N4O4/c1-8-12(7-18-23-8)13(20)11(6-16)15(22)19-10-4-2-9(3-5-10)14(17)21/h2-5,7,20H,1H3,(H2,17,21)(H,19,22)/b13-11-. The molecule has 0 aliphatic rings. The molecule has 0 saturated carbocycles. The van der Waals surface area contributed by atoms with Gasteiger partial charge in [0.25, 0.3) is 5.91 Å². The van der Waals surface area contributed by atoms with E-state index in [1.54, 1.807) is 6.07 Å². The maximum Gasteiger partial charge on any atom is 0.270 e. The Morgan fingerprint density at radius 1 is 1.35 bits per heavy atom. The lowest BCUT2D eigenvalue weighted by atomic mass is 10.1. The van der Waals surface area contributed by atoms with E-state index in [-0.39, 0.29) is 16.9 Å². The number of primary amides is 1. The summed E-state index contributed by atoms with van der Waals surface area (Å²) in [7, 11) is 0. The summed E-state index contributed by atoms with van der Waals surface area (Å²) in [6.45, 7) is 1.54. The molecule has 0 aliphatic carbocycles. The van der Waals surface area contributed by atoms with Crippen molar-refractivity contribution in [3.63, 3.8) is 0 Å². The maximum atomic E-state index is 12.1. The molecule has 2 aromatic rings. The summed E-state index contributed by atoms with van der Waals surface area (Å²) < 4.78 is 4.78. The van der Waals surface area contributed by atoms with Crippen molar-refractivity contribution in [3.05, 3.63) is 52.9 Å². The number of amides is 2. The molecule has 0 radical (unpaired) electrons. The Morgan fingerprint density at radius 2 is 2.00 bits per heavy atom. The second-order valence-corrected chi connectivity index (χ2v) is 4.53. The number of aliphatic hydroxyl groups is 1. The quantitative estimate of drug-likeness (QED) is 0.443. The zero-order valence-corrected chi connectivity index (χ0v) is 12.0. The number of hydrogen-bond donors (Lipinski definition) is 3. The van der Waals surface area contributed by atoms with E-state index in [0.29, 0.717) is 5.69 Å².